The molecule has 3 heterocycles. The Morgan fingerprint density at radius 2 is 1.62 bits per heavy atom. The summed E-state index contributed by atoms with van der Waals surface area (Å²) < 4.78 is 11.1. The van der Waals surface area contributed by atoms with Gasteiger partial charge in [0.05, 0.1) is 30.3 Å². The molecule has 0 aliphatic carbocycles. The largest absolute Gasteiger partial charge is 0.462 e. The number of carbonyl (C=O) groups is 4. The number of carbonyl (C=O) groups excluding carboxylic acids is 4. The van der Waals surface area contributed by atoms with Crippen LogP contribution in [0.1, 0.15) is 49.1 Å². The van der Waals surface area contributed by atoms with Crippen LogP contribution in [0.25, 0.3) is 10.1 Å². The molecule has 0 bridgehead atoms. The van der Waals surface area contributed by atoms with E-state index in [0.29, 0.717) is 46.7 Å². The van der Waals surface area contributed by atoms with E-state index in [4.69, 9.17) is 32.7 Å². The molecular formula is C26H27Cl2N3O6S2. The topological polar surface area (TPSA) is 105 Å². The third-order valence-corrected chi connectivity index (χ3v) is 9.22. The van der Waals surface area contributed by atoms with Gasteiger partial charge in [-0.1, -0.05) is 29.3 Å². The van der Waals surface area contributed by atoms with Gasteiger partial charge in [0, 0.05) is 41.3 Å². The van der Waals surface area contributed by atoms with Crippen LogP contribution in [-0.4, -0.2) is 79.5 Å². The summed E-state index contributed by atoms with van der Waals surface area (Å²) in [6.45, 7) is 7.20. The lowest BCUT2D eigenvalue weighted by molar-refractivity contribution is -0.117. The van der Waals surface area contributed by atoms with Gasteiger partial charge in [-0.25, -0.2) is 9.59 Å². The minimum atomic E-state index is -0.619. The quantitative estimate of drug-likeness (QED) is 0.343. The summed E-state index contributed by atoms with van der Waals surface area (Å²) in [6, 6.07) is 5.34. The zero-order valence-electron chi connectivity index (χ0n) is 21.6. The van der Waals surface area contributed by atoms with Crippen LogP contribution in [0.5, 0.6) is 0 Å². The molecule has 0 radical (unpaired) electrons. The molecule has 208 valence electrons. The summed E-state index contributed by atoms with van der Waals surface area (Å²) in [6.07, 6.45) is 0. The number of amides is 2. The van der Waals surface area contributed by atoms with E-state index in [1.807, 2.05) is 11.0 Å². The minimum absolute atomic E-state index is 0.0537. The summed E-state index contributed by atoms with van der Waals surface area (Å²) >= 11 is 14.9. The third kappa shape index (κ3) is 6.38. The van der Waals surface area contributed by atoms with Crippen molar-refractivity contribution in [3.05, 3.63) is 49.1 Å². The van der Waals surface area contributed by atoms with Gasteiger partial charge >= 0.3 is 11.9 Å². The van der Waals surface area contributed by atoms with Crippen molar-refractivity contribution in [3.63, 3.8) is 0 Å². The van der Waals surface area contributed by atoms with E-state index in [9.17, 15) is 19.2 Å². The Morgan fingerprint density at radius 3 is 2.28 bits per heavy atom. The number of nitrogens with zero attached hydrogens (tertiary/aromatic N) is 2. The molecule has 4 rings (SSSR count). The SMILES string of the molecule is CCOC(=O)c1sc(NC(=O)CN2CCN(C(=O)c3sc4cc(Cl)ccc4c3Cl)CC2)c(C(=O)OCC)c1C. The molecule has 0 atom stereocenters. The number of nitrogens with one attached hydrogen (secondary N) is 1. The zero-order chi connectivity index (χ0) is 28.3. The Labute approximate surface area is 243 Å². The number of ether oxygens (including phenoxy) is 2. The van der Waals surface area contributed by atoms with Crippen molar-refractivity contribution >= 4 is 84.7 Å². The summed E-state index contributed by atoms with van der Waals surface area (Å²) in [7, 11) is 0. The van der Waals surface area contributed by atoms with Crippen LogP contribution in [0, 0.1) is 6.92 Å². The Morgan fingerprint density at radius 1 is 0.949 bits per heavy atom. The molecule has 39 heavy (non-hydrogen) atoms. The zero-order valence-corrected chi connectivity index (χ0v) is 24.7. The lowest BCUT2D eigenvalue weighted by Gasteiger charge is -2.34. The molecular weight excluding hydrogens is 585 g/mol. The van der Waals surface area contributed by atoms with Crippen molar-refractivity contribution < 1.29 is 28.7 Å². The lowest BCUT2D eigenvalue weighted by atomic mass is 10.1. The number of fused-ring (bicyclic) bond motifs is 1. The molecule has 1 fully saturated rings. The highest BCUT2D eigenvalue weighted by Gasteiger charge is 2.29. The fourth-order valence-electron chi connectivity index (χ4n) is 4.24. The molecule has 1 N–H and O–H groups in total. The Hall–Kier alpha value is -2.70. The number of piperazine rings is 1. The highest BCUT2D eigenvalue weighted by molar-refractivity contribution is 7.21. The maximum atomic E-state index is 13.2. The molecule has 9 nitrogen and oxygen atoms in total. The van der Waals surface area contributed by atoms with Crippen LogP contribution in [0.4, 0.5) is 5.00 Å². The van der Waals surface area contributed by atoms with Crippen molar-refractivity contribution in [1.29, 1.82) is 0 Å². The van der Waals surface area contributed by atoms with E-state index in [1.165, 1.54) is 11.3 Å². The summed E-state index contributed by atoms with van der Waals surface area (Å²) in [5, 5.41) is 4.80. The van der Waals surface area contributed by atoms with Gasteiger partial charge in [-0.15, -0.1) is 22.7 Å². The van der Waals surface area contributed by atoms with Crippen LogP contribution in [0.15, 0.2) is 18.2 Å². The minimum Gasteiger partial charge on any atom is -0.462 e. The number of thiophene rings is 2. The lowest BCUT2D eigenvalue weighted by Crippen LogP contribution is -2.50. The van der Waals surface area contributed by atoms with Gasteiger partial charge in [0.25, 0.3) is 5.91 Å². The van der Waals surface area contributed by atoms with Crippen molar-refractivity contribution in [3.8, 4) is 0 Å². The summed E-state index contributed by atoms with van der Waals surface area (Å²) in [5.74, 6) is -1.68. The van der Waals surface area contributed by atoms with E-state index in [2.05, 4.69) is 5.32 Å². The predicted octanol–water partition coefficient (Wildman–Crippen LogP) is 5.33. The van der Waals surface area contributed by atoms with Crippen LogP contribution < -0.4 is 5.32 Å². The smallest absolute Gasteiger partial charge is 0.348 e. The molecule has 2 amide bonds. The first-order chi connectivity index (χ1) is 18.6. The monoisotopic (exact) mass is 611 g/mol. The number of hydrogen-bond acceptors (Lipinski definition) is 9. The second kappa shape index (κ2) is 12.6. The molecule has 1 aliphatic rings. The fraction of sp³-hybridized carbons (Fsp3) is 0.385. The van der Waals surface area contributed by atoms with Crippen molar-refractivity contribution in [2.24, 2.45) is 0 Å². The van der Waals surface area contributed by atoms with Gasteiger partial charge in [0.15, 0.2) is 0 Å². The van der Waals surface area contributed by atoms with Gasteiger partial charge in [0.2, 0.25) is 5.91 Å². The maximum Gasteiger partial charge on any atom is 0.348 e. The number of halogens is 2. The van der Waals surface area contributed by atoms with Crippen LogP contribution in [0.3, 0.4) is 0 Å². The van der Waals surface area contributed by atoms with E-state index in [-0.39, 0.29) is 47.0 Å². The Kier molecular flexibility index (Phi) is 9.50. The van der Waals surface area contributed by atoms with Gasteiger partial charge < -0.3 is 19.7 Å². The molecule has 0 unspecified atom stereocenters. The Balaban J connectivity index is 1.39. The molecule has 13 heteroatoms. The average Bonchev–Trinajstić information content (AvgIpc) is 3.40. The van der Waals surface area contributed by atoms with Gasteiger partial charge in [-0.05, 0) is 38.5 Å². The van der Waals surface area contributed by atoms with Gasteiger partial charge in [-0.3, -0.25) is 14.5 Å². The molecule has 0 saturated carbocycles. The highest BCUT2D eigenvalue weighted by Crippen LogP contribution is 2.38. The Bertz CT molecular complexity index is 1430. The standard InChI is InChI=1S/C26H27Cl2N3O6S2/c1-4-36-25(34)19-14(3)21(26(35)37-5-2)39-23(19)29-18(32)13-30-8-10-31(11-9-30)24(33)22-20(28)16-7-6-15(27)12-17(16)38-22/h6-7,12H,4-5,8-11,13H2,1-3H3,(H,29,32). The third-order valence-electron chi connectivity index (χ3n) is 6.15. The fourth-order valence-corrected chi connectivity index (χ4v) is 7.10. The first-order valence-electron chi connectivity index (χ1n) is 12.3. The number of benzene rings is 1. The second-order valence-corrected chi connectivity index (χ2v) is 11.6. The molecule has 3 aromatic rings. The molecule has 0 spiro atoms. The van der Waals surface area contributed by atoms with Crippen molar-refractivity contribution in [1.82, 2.24) is 9.80 Å². The number of hydrogen-bond donors (Lipinski definition) is 1. The molecule has 1 aromatic carbocycles. The van der Waals surface area contributed by atoms with Gasteiger partial charge in [0.1, 0.15) is 14.8 Å². The average molecular weight is 613 g/mol. The normalized spacial score (nSPS) is 13.9. The van der Waals surface area contributed by atoms with E-state index < -0.39 is 11.9 Å². The number of anilines is 1. The number of rotatable bonds is 8. The second-order valence-electron chi connectivity index (χ2n) is 8.70. The van der Waals surface area contributed by atoms with E-state index in [0.717, 1.165) is 21.4 Å². The number of esters is 2. The first-order valence-corrected chi connectivity index (χ1v) is 14.7. The van der Waals surface area contributed by atoms with Crippen LogP contribution >= 0.6 is 45.9 Å². The summed E-state index contributed by atoms with van der Waals surface area (Å²) in [4.78, 5) is 55.4. The first kappa shape index (κ1) is 29.3. The van der Waals surface area contributed by atoms with Crippen molar-refractivity contribution in [2.45, 2.75) is 20.8 Å². The van der Waals surface area contributed by atoms with Crippen LogP contribution in [0.2, 0.25) is 10.0 Å². The molecule has 1 saturated heterocycles. The highest BCUT2D eigenvalue weighted by atomic mass is 35.5. The van der Waals surface area contributed by atoms with Crippen LogP contribution in [-0.2, 0) is 14.3 Å². The maximum absolute atomic E-state index is 13.2. The van der Waals surface area contributed by atoms with Crippen molar-refractivity contribution in [2.75, 3.05) is 51.3 Å². The van der Waals surface area contributed by atoms with Gasteiger partial charge in [-0.2, -0.15) is 0 Å². The summed E-state index contributed by atoms with van der Waals surface area (Å²) in [5.41, 5.74) is 0.552. The van der Waals surface area contributed by atoms with E-state index in [1.54, 1.807) is 37.8 Å². The molecule has 2 aromatic heterocycles. The van der Waals surface area contributed by atoms with E-state index >= 15 is 0 Å². The predicted molar refractivity (Wildman–Crippen MR) is 154 cm³/mol. The molecule has 1 aliphatic heterocycles.